The molecule has 0 N–H and O–H groups in total. The lowest BCUT2D eigenvalue weighted by Crippen LogP contribution is -2.26. The maximum absolute atomic E-state index is 13.2. The Morgan fingerprint density at radius 3 is 2.67 bits per heavy atom. The van der Waals surface area contributed by atoms with Gasteiger partial charge in [-0.05, 0) is 18.2 Å². The number of fused-ring (bicyclic) bond motifs is 1. The van der Waals surface area contributed by atoms with E-state index in [9.17, 15) is 18.0 Å². The van der Waals surface area contributed by atoms with E-state index in [1.807, 2.05) is 0 Å². The van der Waals surface area contributed by atoms with E-state index >= 15 is 0 Å². The van der Waals surface area contributed by atoms with E-state index in [0.29, 0.717) is 11.0 Å². The van der Waals surface area contributed by atoms with Crippen LogP contribution in [0, 0.1) is 0 Å². The van der Waals surface area contributed by atoms with E-state index in [1.165, 1.54) is 34.6 Å². The average molecular weight is 339 g/mol. The number of hydrogen-bond acceptors (Lipinski definition) is 5. The number of carbonyl (C=O) groups is 1. The summed E-state index contributed by atoms with van der Waals surface area (Å²) < 4.78 is 47.0. The predicted molar refractivity (Wildman–Crippen MR) is 75.9 cm³/mol. The highest BCUT2D eigenvalue weighted by atomic mass is 19.4. The molecule has 0 saturated heterocycles. The monoisotopic (exact) mass is 339 g/mol. The molecule has 0 aliphatic heterocycles. The van der Waals surface area contributed by atoms with E-state index in [2.05, 4.69) is 15.4 Å². The third kappa shape index (κ3) is 2.94. The number of ether oxygens (including phenoxy) is 1. The fraction of sp³-hybridized carbons (Fsp3) is 0.286. The highest BCUT2D eigenvalue weighted by Gasteiger charge is 2.45. The third-order valence-corrected chi connectivity index (χ3v) is 3.40. The molecule has 3 aromatic rings. The van der Waals surface area contributed by atoms with Gasteiger partial charge in [0.15, 0.2) is 0 Å². The smallest absolute Gasteiger partial charge is 0.429 e. The van der Waals surface area contributed by atoms with Crippen molar-refractivity contribution in [2.45, 2.75) is 12.3 Å². The minimum atomic E-state index is -4.75. The van der Waals surface area contributed by atoms with Crippen molar-refractivity contribution in [3.63, 3.8) is 0 Å². The fourth-order valence-electron chi connectivity index (χ4n) is 2.23. The first-order valence-corrected chi connectivity index (χ1v) is 6.81. The summed E-state index contributed by atoms with van der Waals surface area (Å²) in [5.41, 5.74) is 0.760. The van der Waals surface area contributed by atoms with Crippen LogP contribution in [0.1, 0.15) is 22.0 Å². The molecule has 0 fully saturated rings. The molecular formula is C14H12F3N5O2. The molecule has 0 spiro atoms. The molecule has 2 aromatic heterocycles. The van der Waals surface area contributed by atoms with Crippen molar-refractivity contribution in [1.29, 1.82) is 0 Å². The molecule has 126 valence electrons. The minimum absolute atomic E-state index is 0.0222. The van der Waals surface area contributed by atoms with Crippen LogP contribution in [-0.4, -0.2) is 36.9 Å². The first kappa shape index (κ1) is 16.0. The van der Waals surface area contributed by atoms with Crippen LogP contribution in [0.15, 0.2) is 30.6 Å². The van der Waals surface area contributed by atoms with Gasteiger partial charge in [-0.2, -0.15) is 18.3 Å². The van der Waals surface area contributed by atoms with Gasteiger partial charge in [0, 0.05) is 25.9 Å². The normalized spacial score (nSPS) is 13.2. The number of rotatable bonds is 3. The molecule has 0 radical (unpaired) electrons. The zero-order valence-corrected chi connectivity index (χ0v) is 12.7. The van der Waals surface area contributed by atoms with Crippen LogP contribution < -0.4 is 0 Å². The van der Waals surface area contributed by atoms with Gasteiger partial charge in [0.1, 0.15) is 5.52 Å². The second-order valence-electron chi connectivity index (χ2n) is 5.19. The number of hydrogen-bond donors (Lipinski definition) is 0. The average Bonchev–Trinajstić information content (AvgIpc) is 3.09. The number of aryl methyl sites for hydroxylation is 2. The Kier molecular flexibility index (Phi) is 3.74. The Hall–Kier alpha value is -2.91. The maximum atomic E-state index is 13.2. The second-order valence-corrected chi connectivity index (χ2v) is 5.19. The Morgan fingerprint density at radius 1 is 1.29 bits per heavy atom. The van der Waals surface area contributed by atoms with Gasteiger partial charge in [0.2, 0.25) is 6.10 Å². The van der Waals surface area contributed by atoms with Crippen LogP contribution in [0.4, 0.5) is 13.2 Å². The van der Waals surface area contributed by atoms with Gasteiger partial charge in [-0.1, -0.05) is 5.21 Å². The van der Waals surface area contributed by atoms with Gasteiger partial charge >= 0.3 is 12.1 Å². The van der Waals surface area contributed by atoms with Gasteiger partial charge in [-0.15, -0.1) is 5.10 Å². The molecule has 1 aromatic carbocycles. The summed E-state index contributed by atoms with van der Waals surface area (Å²) in [6.07, 6.45) is -4.98. The first-order valence-electron chi connectivity index (χ1n) is 6.81. The summed E-state index contributed by atoms with van der Waals surface area (Å²) in [4.78, 5) is 12.2. The van der Waals surface area contributed by atoms with Crippen LogP contribution in [0.25, 0.3) is 11.0 Å². The molecule has 0 amide bonds. The SMILES string of the molecule is Cn1cc([C@@H](OC(=O)c2ccc3nnn(C)c3c2)C(F)(F)F)cn1. The number of alkyl halides is 3. The van der Waals surface area contributed by atoms with Gasteiger partial charge in [-0.25, -0.2) is 9.48 Å². The van der Waals surface area contributed by atoms with Crippen LogP contribution >= 0.6 is 0 Å². The first-order chi connectivity index (χ1) is 11.3. The largest absolute Gasteiger partial charge is 0.444 e. The zero-order chi connectivity index (χ0) is 17.5. The molecule has 0 unspecified atom stereocenters. The van der Waals surface area contributed by atoms with E-state index in [0.717, 1.165) is 12.4 Å². The molecule has 0 bridgehead atoms. The van der Waals surface area contributed by atoms with Crippen LogP contribution in [0.2, 0.25) is 0 Å². The molecule has 0 aliphatic rings. The van der Waals surface area contributed by atoms with E-state index in [1.54, 1.807) is 7.05 Å². The molecule has 0 saturated carbocycles. The number of esters is 1. The van der Waals surface area contributed by atoms with Crippen molar-refractivity contribution < 1.29 is 22.7 Å². The van der Waals surface area contributed by atoms with Gasteiger partial charge in [0.25, 0.3) is 0 Å². The number of halogens is 3. The summed E-state index contributed by atoms with van der Waals surface area (Å²) in [6.45, 7) is 0. The molecule has 1 atom stereocenters. The Morgan fingerprint density at radius 2 is 2.04 bits per heavy atom. The standard InChI is InChI=1S/C14H12F3N5O2/c1-21-7-9(6-18-21)12(14(15,16)17)24-13(23)8-3-4-10-11(5-8)22(2)20-19-10/h3-7,12H,1-2H3/t12-/m1/s1. The summed E-state index contributed by atoms with van der Waals surface area (Å²) in [7, 11) is 3.08. The van der Waals surface area contributed by atoms with Crippen LogP contribution in [0.3, 0.4) is 0 Å². The van der Waals surface area contributed by atoms with Crippen molar-refractivity contribution in [1.82, 2.24) is 24.8 Å². The summed E-state index contributed by atoms with van der Waals surface area (Å²) >= 11 is 0. The van der Waals surface area contributed by atoms with E-state index < -0.39 is 18.2 Å². The number of carbonyl (C=O) groups excluding carboxylic acids is 1. The highest BCUT2D eigenvalue weighted by Crippen LogP contribution is 2.36. The molecule has 24 heavy (non-hydrogen) atoms. The Bertz CT molecular complexity index is 899. The summed E-state index contributed by atoms with van der Waals surface area (Å²) in [6, 6.07) is 4.22. The molecule has 3 rings (SSSR count). The van der Waals surface area contributed by atoms with E-state index in [4.69, 9.17) is 4.74 Å². The summed E-state index contributed by atoms with van der Waals surface area (Å²) in [5, 5.41) is 11.3. The quantitative estimate of drug-likeness (QED) is 0.684. The van der Waals surface area contributed by atoms with Crippen molar-refractivity contribution in [3.05, 3.63) is 41.7 Å². The topological polar surface area (TPSA) is 74.8 Å². The molecule has 0 aliphatic carbocycles. The summed E-state index contributed by atoms with van der Waals surface area (Å²) in [5.74, 6) is -1.09. The van der Waals surface area contributed by atoms with E-state index in [-0.39, 0.29) is 11.1 Å². The van der Waals surface area contributed by atoms with Crippen LogP contribution in [0.5, 0.6) is 0 Å². The number of aromatic nitrogens is 5. The second kappa shape index (κ2) is 5.62. The predicted octanol–water partition coefficient (Wildman–Crippen LogP) is 2.16. The lowest BCUT2D eigenvalue weighted by atomic mass is 10.1. The number of nitrogens with zero attached hydrogens (tertiary/aromatic N) is 5. The minimum Gasteiger partial charge on any atom is -0.444 e. The lowest BCUT2D eigenvalue weighted by Gasteiger charge is -2.19. The molecule has 10 heteroatoms. The molecule has 2 heterocycles. The van der Waals surface area contributed by atoms with Crippen molar-refractivity contribution in [2.24, 2.45) is 14.1 Å². The lowest BCUT2D eigenvalue weighted by molar-refractivity contribution is -0.207. The van der Waals surface area contributed by atoms with Crippen molar-refractivity contribution >= 4 is 17.0 Å². The molecular weight excluding hydrogens is 327 g/mol. The maximum Gasteiger partial charge on any atom is 0.429 e. The fourth-order valence-corrected chi connectivity index (χ4v) is 2.23. The highest BCUT2D eigenvalue weighted by molar-refractivity contribution is 5.93. The Labute approximate surface area is 133 Å². The third-order valence-electron chi connectivity index (χ3n) is 3.40. The van der Waals surface area contributed by atoms with Crippen molar-refractivity contribution in [2.75, 3.05) is 0 Å². The van der Waals surface area contributed by atoms with Crippen LogP contribution in [-0.2, 0) is 18.8 Å². The van der Waals surface area contributed by atoms with Gasteiger partial charge in [-0.3, -0.25) is 4.68 Å². The van der Waals surface area contributed by atoms with Crippen molar-refractivity contribution in [3.8, 4) is 0 Å². The number of benzene rings is 1. The molecule has 7 nitrogen and oxygen atoms in total. The zero-order valence-electron chi connectivity index (χ0n) is 12.7. The Balaban J connectivity index is 1.90. The van der Waals surface area contributed by atoms with Gasteiger partial charge < -0.3 is 4.74 Å². The van der Waals surface area contributed by atoms with Gasteiger partial charge in [0.05, 0.1) is 17.3 Å².